The van der Waals surface area contributed by atoms with Crippen molar-refractivity contribution in [2.45, 2.75) is 13.0 Å². The van der Waals surface area contributed by atoms with E-state index in [2.05, 4.69) is 15.9 Å². The number of sulfonamides is 1. The Hall–Kier alpha value is -1.08. The van der Waals surface area contributed by atoms with Crippen LogP contribution in [-0.4, -0.2) is 26.7 Å². The van der Waals surface area contributed by atoms with Crippen molar-refractivity contribution in [2.24, 2.45) is 0 Å². The van der Waals surface area contributed by atoms with Crippen molar-refractivity contribution in [1.82, 2.24) is 4.72 Å². The minimum atomic E-state index is -3.55. The number of carbonyl (C=O) groups is 1. The van der Waals surface area contributed by atoms with Crippen molar-refractivity contribution >= 4 is 31.9 Å². The van der Waals surface area contributed by atoms with Gasteiger partial charge in [-0.25, -0.2) is 8.42 Å². The summed E-state index contributed by atoms with van der Waals surface area (Å²) in [5.74, 6) is -0.209. The zero-order chi connectivity index (χ0) is 13.1. The second-order valence-electron chi connectivity index (χ2n) is 3.45. The number of hydrogen-bond acceptors (Lipinski definition) is 4. The molecule has 0 bridgehead atoms. The first-order valence-electron chi connectivity index (χ1n) is 4.72. The highest BCUT2D eigenvalue weighted by molar-refractivity contribution is 9.10. The monoisotopic (exact) mass is 321 g/mol. The van der Waals surface area contributed by atoms with Gasteiger partial charge in [-0.2, -0.15) is 0 Å². The van der Waals surface area contributed by atoms with E-state index in [1.165, 1.54) is 6.92 Å². The van der Waals surface area contributed by atoms with Crippen LogP contribution in [0.3, 0.4) is 0 Å². The van der Waals surface area contributed by atoms with Gasteiger partial charge in [0, 0.05) is 4.47 Å². The van der Waals surface area contributed by atoms with Crippen molar-refractivity contribution in [1.29, 1.82) is 0 Å². The molecular formula is C10H12BrNO4S. The highest BCUT2D eigenvalue weighted by atomic mass is 79.9. The smallest absolute Gasteiger partial charge is 0.274 e. The Bertz CT molecular complexity index is 498. The van der Waals surface area contributed by atoms with Gasteiger partial charge in [-0.15, -0.1) is 0 Å². The molecular weight excluding hydrogens is 310 g/mol. The fourth-order valence-electron chi connectivity index (χ4n) is 1.04. The van der Waals surface area contributed by atoms with E-state index in [1.54, 1.807) is 24.3 Å². The summed E-state index contributed by atoms with van der Waals surface area (Å²) in [5, 5.41) is 0. The second-order valence-corrected chi connectivity index (χ2v) is 6.12. The summed E-state index contributed by atoms with van der Waals surface area (Å²) in [6, 6.07) is 6.87. The number of halogens is 1. The summed E-state index contributed by atoms with van der Waals surface area (Å²) < 4.78 is 29.7. The molecule has 1 aromatic carbocycles. The lowest BCUT2D eigenvalue weighted by Gasteiger charge is -2.13. The average Bonchev–Trinajstić information content (AvgIpc) is 2.19. The first-order valence-corrected chi connectivity index (χ1v) is 7.40. The van der Waals surface area contributed by atoms with Crippen LogP contribution < -0.4 is 9.46 Å². The Balaban J connectivity index is 2.63. The predicted molar refractivity (Wildman–Crippen MR) is 67.2 cm³/mol. The van der Waals surface area contributed by atoms with Crippen LogP contribution in [0.4, 0.5) is 0 Å². The molecule has 0 heterocycles. The molecule has 5 nitrogen and oxygen atoms in total. The van der Waals surface area contributed by atoms with E-state index in [-0.39, 0.29) is 0 Å². The van der Waals surface area contributed by atoms with Crippen LogP contribution in [0.5, 0.6) is 5.75 Å². The first kappa shape index (κ1) is 14.0. The van der Waals surface area contributed by atoms with Gasteiger partial charge in [-0.05, 0) is 31.2 Å². The summed E-state index contributed by atoms with van der Waals surface area (Å²) in [6.07, 6.45) is 0.0305. The topological polar surface area (TPSA) is 72.5 Å². The Morgan fingerprint density at radius 2 is 1.88 bits per heavy atom. The summed E-state index contributed by atoms with van der Waals surface area (Å²) in [6.45, 7) is 1.47. The van der Waals surface area contributed by atoms with Gasteiger partial charge in [-0.3, -0.25) is 9.52 Å². The Kier molecular flexibility index (Phi) is 4.53. The van der Waals surface area contributed by atoms with Crippen molar-refractivity contribution < 1.29 is 17.9 Å². The van der Waals surface area contributed by atoms with Gasteiger partial charge in [0.1, 0.15) is 5.75 Å². The van der Waals surface area contributed by atoms with Gasteiger partial charge in [0.25, 0.3) is 5.91 Å². The van der Waals surface area contributed by atoms with Crippen LogP contribution >= 0.6 is 15.9 Å². The molecule has 1 atom stereocenters. The Morgan fingerprint density at radius 1 is 1.35 bits per heavy atom. The molecule has 0 unspecified atom stereocenters. The summed E-state index contributed by atoms with van der Waals surface area (Å²) in [4.78, 5) is 11.4. The molecule has 94 valence electrons. The molecule has 0 saturated carbocycles. The minimum absolute atomic E-state index is 0.490. The van der Waals surface area contributed by atoms with E-state index in [9.17, 15) is 13.2 Å². The number of hydrogen-bond donors (Lipinski definition) is 1. The minimum Gasteiger partial charge on any atom is -0.481 e. The molecule has 0 aliphatic rings. The van der Waals surface area contributed by atoms with Crippen LogP contribution in [0, 0.1) is 0 Å². The molecule has 0 spiro atoms. The van der Waals surface area contributed by atoms with Crippen LogP contribution in [0.25, 0.3) is 0 Å². The number of benzene rings is 1. The number of ether oxygens (including phenoxy) is 1. The highest BCUT2D eigenvalue weighted by Gasteiger charge is 2.18. The van der Waals surface area contributed by atoms with Crippen molar-refractivity contribution in [2.75, 3.05) is 6.26 Å². The zero-order valence-electron chi connectivity index (χ0n) is 9.31. The van der Waals surface area contributed by atoms with Crippen LogP contribution in [0.2, 0.25) is 0 Å². The summed E-state index contributed by atoms with van der Waals surface area (Å²) in [5.41, 5.74) is 0. The maximum absolute atomic E-state index is 11.4. The number of nitrogens with one attached hydrogen (secondary N) is 1. The van der Waals surface area contributed by atoms with Gasteiger partial charge in [0.15, 0.2) is 6.10 Å². The number of carbonyl (C=O) groups excluding carboxylic acids is 1. The predicted octanol–water partition coefficient (Wildman–Crippen LogP) is 1.29. The van der Waals surface area contributed by atoms with E-state index in [1.807, 2.05) is 4.72 Å². The first-order chi connectivity index (χ1) is 7.78. The number of amides is 1. The normalized spacial score (nSPS) is 12.9. The fraction of sp³-hybridized carbons (Fsp3) is 0.300. The largest absolute Gasteiger partial charge is 0.481 e. The molecule has 0 aliphatic carbocycles. The molecule has 0 aliphatic heterocycles. The molecule has 0 radical (unpaired) electrons. The third-order valence-electron chi connectivity index (χ3n) is 1.78. The average molecular weight is 322 g/mol. The summed E-state index contributed by atoms with van der Waals surface area (Å²) in [7, 11) is -3.55. The van der Waals surface area contributed by atoms with Crippen molar-refractivity contribution in [3.8, 4) is 5.75 Å². The van der Waals surface area contributed by atoms with Crippen LogP contribution in [-0.2, 0) is 14.8 Å². The van der Waals surface area contributed by atoms with E-state index < -0.39 is 22.0 Å². The van der Waals surface area contributed by atoms with Gasteiger partial charge in [0.2, 0.25) is 10.0 Å². The quantitative estimate of drug-likeness (QED) is 0.907. The molecule has 1 amide bonds. The molecule has 0 saturated heterocycles. The van der Waals surface area contributed by atoms with E-state index in [0.717, 1.165) is 10.7 Å². The SMILES string of the molecule is C[C@@H](Oc1ccc(Br)cc1)C(=O)NS(C)(=O)=O. The Morgan fingerprint density at radius 3 is 2.35 bits per heavy atom. The third-order valence-corrected chi connectivity index (χ3v) is 2.88. The lowest BCUT2D eigenvalue weighted by molar-refractivity contribution is -0.125. The second kappa shape index (κ2) is 5.50. The van der Waals surface area contributed by atoms with Crippen LogP contribution in [0.15, 0.2) is 28.7 Å². The number of rotatable bonds is 4. The van der Waals surface area contributed by atoms with Gasteiger partial charge < -0.3 is 4.74 Å². The third kappa shape index (κ3) is 5.18. The highest BCUT2D eigenvalue weighted by Crippen LogP contribution is 2.17. The lowest BCUT2D eigenvalue weighted by Crippen LogP contribution is -2.39. The molecule has 1 rings (SSSR count). The van der Waals surface area contributed by atoms with Crippen molar-refractivity contribution in [3.63, 3.8) is 0 Å². The fourth-order valence-corrected chi connectivity index (χ4v) is 1.83. The maximum Gasteiger partial charge on any atom is 0.274 e. The maximum atomic E-state index is 11.4. The van der Waals surface area contributed by atoms with Gasteiger partial charge in [-0.1, -0.05) is 15.9 Å². The molecule has 7 heteroatoms. The van der Waals surface area contributed by atoms with Crippen LogP contribution in [0.1, 0.15) is 6.92 Å². The van der Waals surface area contributed by atoms with Gasteiger partial charge >= 0.3 is 0 Å². The van der Waals surface area contributed by atoms with Gasteiger partial charge in [0.05, 0.1) is 6.26 Å². The summed E-state index contributed by atoms with van der Waals surface area (Å²) >= 11 is 3.27. The lowest BCUT2D eigenvalue weighted by atomic mass is 10.3. The van der Waals surface area contributed by atoms with E-state index in [4.69, 9.17) is 4.74 Å². The molecule has 0 fully saturated rings. The zero-order valence-corrected chi connectivity index (χ0v) is 11.7. The van der Waals surface area contributed by atoms with E-state index in [0.29, 0.717) is 5.75 Å². The standard InChI is InChI=1S/C10H12BrNO4S/c1-7(10(13)12-17(2,14)15)16-9-5-3-8(11)4-6-9/h3-7H,1-2H3,(H,12,13)/t7-/m1/s1. The molecule has 17 heavy (non-hydrogen) atoms. The Labute approximate surface area is 108 Å². The van der Waals surface area contributed by atoms with Crippen molar-refractivity contribution in [3.05, 3.63) is 28.7 Å². The molecule has 1 aromatic rings. The molecule has 1 N–H and O–H groups in total. The molecule has 0 aromatic heterocycles. The van der Waals surface area contributed by atoms with E-state index >= 15 is 0 Å².